The number of nitrogens with zero attached hydrogens (tertiary/aromatic N) is 1. The number of hydrogen-bond acceptors (Lipinski definition) is 3. The van der Waals surface area contributed by atoms with Crippen LogP contribution in [0.2, 0.25) is 0 Å². The monoisotopic (exact) mass is 791 g/mol. The Hall–Kier alpha value is -8.14. The van der Waals surface area contributed by atoms with Crippen molar-refractivity contribution in [2.75, 3.05) is 4.90 Å². The zero-order valence-corrected chi connectivity index (χ0v) is 33.6. The van der Waals surface area contributed by atoms with Crippen LogP contribution in [0.4, 0.5) is 17.1 Å². The lowest BCUT2D eigenvalue weighted by Gasteiger charge is -2.40. The van der Waals surface area contributed by atoms with Crippen LogP contribution in [0.5, 0.6) is 11.5 Å². The number of ether oxygens (including phenoxy) is 1. The highest BCUT2D eigenvalue weighted by Crippen LogP contribution is 2.63. The highest BCUT2D eigenvalue weighted by molar-refractivity contribution is 6.15. The normalized spacial score (nSPS) is 13.1. The van der Waals surface area contributed by atoms with E-state index in [4.69, 9.17) is 9.15 Å². The van der Waals surface area contributed by atoms with Gasteiger partial charge in [0.1, 0.15) is 22.7 Å². The molecule has 1 spiro atoms. The predicted molar refractivity (Wildman–Crippen MR) is 254 cm³/mol. The number of hydrogen-bond donors (Lipinski definition) is 0. The highest BCUT2D eigenvalue weighted by Gasteiger charge is 2.51. The number of furan rings is 1. The van der Waals surface area contributed by atoms with E-state index in [2.05, 4.69) is 229 Å². The molecule has 62 heavy (non-hydrogen) atoms. The Kier molecular flexibility index (Phi) is 7.52. The molecule has 2 aliphatic rings. The first-order valence-electron chi connectivity index (χ1n) is 21.2. The van der Waals surface area contributed by atoms with Gasteiger partial charge in [0.2, 0.25) is 0 Å². The number of benzene rings is 10. The average Bonchev–Trinajstić information content (AvgIpc) is 3.86. The van der Waals surface area contributed by atoms with Gasteiger partial charge in [-0.25, -0.2) is 0 Å². The van der Waals surface area contributed by atoms with Gasteiger partial charge in [0.15, 0.2) is 0 Å². The van der Waals surface area contributed by atoms with Crippen molar-refractivity contribution < 1.29 is 9.15 Å². The molecule has 0 atom stereocenters. The third-order valence-corrected chi connectivity index (χ3v) is 13.1. The first-order chi connectivity index (χ1) is 30.7. The van der Waals surface area contributed by atoms with E-state index in [0.717, 1.165) is 72.6 Å². The van der Waals surface area contributed by atoms with Gasteiger partial charge in [-0.2, -0.15) is 0 Å². The van der Waals surface area contributed by atoms with Gasteiger partial charge in [0, 0.05) is 56.0 Å². The summed E-state index contributed by atoms with van der Waals surface area (Å²) in [5, 5.41) is 4.51. The summed E-state index contributed by atoms with van der Waals surface area (Å²) in [5.74, 6) is 1.77. The molecule has 1 aromatic heterocycles. The Morgan fingerprint density at radius 2 is 0.919 bits per heavy atom. The van der Waals surface area contributed by atoms with Gasteiger partial charge in [-0.15, -0.1) is 0 Å². The molecule has 2 heterocycles. The van der Waals surface area contributed by atoms with Crippen molar-refractivity contribution in [2.24, 2.45) is 0 Å². The van der Waals surface area contributed by atoms with Crippen molar-refractivity contribution in [1.82, 2.24) is 0 Å². The first-order valence-corrected chi connectivity index (χ1v) is 21.2. The molecule has 0 saturated heterocycles. The third-order valence-electron chi connectivity index (χ3n) is 13.1. The van der Waals surface area contributed by atoms with E-state index in [1.54, 1.807) is 0 Å². The maximum atomic E-state index is 7.02. The largest absolute Gasteiger partial charge is 0.456 e. The van der Waals surface area contributed by atoms with Crippen LogP contribution in [-0.4, -0.2) is 0 Å². The van der Waals surface area contributed by atoms with Crippen LogP contribution >= 0.6 is 0 Å². The van der Waals surface area contributed by atoms with E-state index in [0.29, 0.717) is 0 Å². The number of fused-ring (bicyclic) bond motifs is 14. The van der Waals surface area contributed by atoms with Gasteiger partial charge in [-0.3, -0.25) is 0 Å². The predicted octanol–water partition coefficient (Wildman–Crippen LogP) is 16.0. The summed E-state index contributed by atoms with van der Waals surface area (Å²) in [5.41, 5.74) is 16.3. The second-order valence-corrected chi connectivity index (χ2v) is 16.4. The minimum absolute atomic E-state index is 0.516. The highest BCUT2D eigenvalue weighted by atomic mass is 16.5. The van der Waals surface area contributed by atoms with Gasteiger partial charge < -0.3 is 14.1 Å². The van der Waals surface area contributed by atoms with E-state index < -0.39 is 5.41 Å². The zero-order valence-electron chi connectivity index (χ0n) is 33.6. The lowest BCUT2D eigenvalue weighted by Crippen LogP contribution is -2.32. The molecule has 1 aliphatic heterocycles. The lowest BCUT2D eigenvalue weighted by molar-refractivity contribution is 0.438. The standard InChI is InChI=1S/C59H37NO2/c1-2-13-38(14-3-1)39-25-30-42(31-26-39)60(44-34-36-49-50-35-29-40-15-4-5-16-45(40)57(50)62-56(49)37-44)43-32-27-41(28-33-43)46-19-12-23-54-58(46)61-55-24-11-10-22-53(55)59(54)51-20-8-6-17-47(51)48-18-7-9-21-52(48)59/h1-37H. The summed E-state index contributed by atoms with van der Waals surface area (Å²) in [4.78, 5) is 2.32. The molecule has 290 valence electrons. The molecular weight excluding hydrogens is 755 g/mol. The van der Waals surface area contributed by atoms with Crippen molar-refractivity contribution in [1.29, 1.82) is 0 Å². The van der Waals surface area contributed by atoms with Crippen LogP contribution in [0, 0.1) is 0 Å². The molecule has 1 aliphatic carbocycles. The van der Waals surface area contributed by atoms with Crippen LogP contribution < -0.4 is 9.64 Å². The second kappa shape index (κ2) is 13.4. The lowest BCUT2D eigenvalue weighted by atomic mass is 9.65. The summed E-state index contributed by atoms with van der Waals surface area (Å²) >= 11 is 0. The van der Waals surface area contributed by atoms with Gasteiger partial charge >= 0.3 is 0 Å². The molecule has 13 rings (SSSR count). The molecular formula is C59H37NO2. The molecule has 0 radical (unpaired) electrons. The fraction of sp³-hybridized carbons (Fsp3) is 0.0169. The molecule has 0 saturated carbocycles. The molecule has 0 bridgehead atoms. The van der Waals surface area contributed by atoms with Crippen LogP contribution in [-0.2, 0) is 5.41 Å². The van der Waals surface area contributed by atoms with E-state index in [1.807, 2.05) is 0 Å². The Balaban J connectivity index is 0.956. The Labute approximate surface area is 359 Å². The van der Waals surface area contributed by atoms with E-state index >= 15 is 0 Å². The van der Waals surface area contributed by atoms with Crippen LogP contribution in [0.1, 0.15) is 22.3 Å². The molecule has 0 fully saturated rings. The second-order valence-electron chi connectivity index (χ2n) is 16.4. The van der Waals surface area contributed by atoms with Gasteiger partial charge in [-0.1, -0.05) is 170 Å². The van der Waals surface area contributed by atoms with Crippen molar-refractivity contribution in [3.05, 3.63) is 247 Å². The van der Waals surface area contributed by atoms with Crippen LogP contribution in [0.3, 0.4) is 0 Å². The third kappa shape index (κ3) is 5.00. The Morgan fingerprint density at radius 3 is 1.68 bits per heavy atom. The summed E-state index contributed by atoms with van der Waals surface area (Å²) in [7, 11) is 0. The van der Waals surface area contributed by atoms with Crippen molar-refractivity contribution >= 4 is 49.8 Å². The molecule has 11 aromatic rings. The molecule has 0 amide bonds. The van der Waals surface area contributed by atoms with E-state index in [9.17, 15) is 0 Å². The molecule has 3 heteroatoms. The summed E-state index contributed by atoms with van der Waals surface area (Å²) in [6.07, 6.45) is 0. The van der Waals surface area contributed by atoms with Crippen molar-refractivity contribution in [3.8, 4) is 44.9 Å². The molecule has 0 unspecified atom stereocenters. The molecule has 0 N–H and O–H groups in total. The van der Waals surface area contributed by atoms with Crippen molar-refractivity contribution in [3.63, 3.8) is 0 Å². The Bertz CT molecular complexity index is 3500. The van der Waals surface area contributed by atoms with Crippen LogP contribution in [0.25, 0.3) is 66.1 Å². The van der Waals surface area contributed by atoms with E-state index in [-0.39, 0.29) is 0 Å². The van der Waals surface area contributed by atoms with Crippen molar-refractivity contribution in [2.45, 2.75) is 5.41 Å². The summed E-state index contributed by atoms with van der Waals surface area (Å²) < 4.78 is 13.7. The average molecular weight is 792 g/mol. The van der Waals surface area contributed by atoms with Gasteiger partial charge in [0.25, 0.3) is 0 Å². The SMILES string of the molecule is c1ccc(-c2ccc(N(c3ccc(-c4cccc5c4Oc4ccccc4C54c5ccccc5-c5ccccc54)cc3)c3ccc4c(c3)oc3c5ccccc5ccc43)cc2)cc1. The zero-order chi connectivity index (χ0) is 40.8. The van der Waals surface area contributed by atoms with E-state index in [1.165, 1.54) is 44.3 Å². The minimum Gasteiger partial charge on any atom is -0.456 e. The maximum Gasteiger partial charge on any atom is 0.143 e. The summed E-state index contributed by atoms with van der Waals surface area (Å²) in [6, 6.07) is 80.6. The van der Waals surface area contributed by atoms with Crippen LogP contribution in [0.15, 0.2) is 229 Å². The molecule has 3 nitrogen and oxygen atoms in total. The minimum atomic E-state index is -0.516. The Morgan fingerprint density at radius 1 is 0.355 bits per heavy atom. The fourth-order valence-corrected chi connectivity index (χ4v) is 10.4. The number of para-hydroxylation sites is 2. The number of rotatable bonds is 5. The molecule has 10 aromatic carbocycles. The topological polar surface area (TPSA) is 25.6 Å². The first kappa shape index (κ1) is 34.7. The maximum absolute atomic E-state index is 7.02. The smallest absolute Gasteiger partial charge is 0.143 e. The van der Waals surface area contributed by atoms with Gasteiger partial charge in [0.05, 0.1) is 5.41 Å². The summed E-state index contributed by atoms with van der Waals surface area (Å²) in [6.45, 7) is 0. The fourth-order valence-electron chi connectivity index (χ4n) is 10.4. The quantitative estimate of drug-likeness (QED) is 0.174. The van der Waals surface area contributed by atoms with Gasteiger partial charge in [-0.05, 0) is 92.9 Å². The number of anilines is 3.